The maximum Gasteiger partial charge on any atom is 0.243 e. The molecule has 0 radical (unpaired) electrons. The van der Waals surface area contributed by atoms with Crippen molar-refractivity contribution in [3.63, 3.8) is 0 Å². The second-order valence-corrected chi connectivity index (χ2v) is 7.24. The Morgan fingerprint density at radius 2 is 1.85 bits per heavy atom. The lowest BCUT2D eigenvalue weighted by atomic mass is 10.2. The highest BCUT2D eigenvalue weighted by Crippen LogP contribution is 2.18. The summed E-state index contributed by atoms with van der Waals surface area (Å²) in [6.07, 6.45) is 0. The molecule has 0 amide bonds. The van der Waals surface area contributed by atoms with Crippen molar-refractivity contribution in [1.82, 2.24) is 4.31 Å². The molecule has 1 atom stereocenters. The smallest absolute Gasteiger partial charge is 0.243 e. The molecule has 1 heterocycles. The van der Waals surface area contributed by atoms with Gasteiger partial charge in [0.15, 0.2) is 6.04 Å². The summed E-state index contributed by atoms with van der Waals surface area (Å²) >= 11 is 5.78. The summed E-state index contributed by atoms with van der Waals surface area (Å²) in [6, 6.07) is 8.30. The zero-order valence-corrected chi connectivity index (χ0v) is 12.8. The van der Waals surface area contributed by atoms with E-state index in [1.54, 1.807) is 12.1 Å². The van der Waals surface area contributed by atoms with E-state index in [0.29, 0.717) is 31.2 Å². The molecule has 1 saturated heterocycles. The van der Waals surface area contributed by atoms with Gasteiger partial charge in [0, 0.05) is 11.9 Å². The molecule has 1 aliphatic heterocycles. The Morgan fingerprint density at radius 1 is 1.30 bits per heavy atom. The number of benzene rings is 1. The van der Waals surface area contributed by atoms with Crippen LogP contribution in [-0.2, 0) is 10.0 Å². The average Bonchev–Trinajstić information content (AvgIpc) is 2.47. The normalized spacial score (nSPS) is 19.4. The van der Waals surface area contributed by atoms with Gasteiger partial charge >= 0.3 is 0 Å². The van der Waals surface area contributed by atoms with E-state index in [1.165, 1.54) is 16.4 Å². The molecule has 0 aromatic heterocycles. The number of rotatable bonds is 3. The Hall–Kier alpha value is -1.13. The highest BCUT2D eigenvalue weighted by atomic mass is 35.5. The number of halogens is 1. The third-order valence-corrected chi connectivity index (χ3v) is 5.79. The standard InChI is InChI=1S/C13H16ClN3O2S/c1-11(10-15)16-6-8-17(9-7-16)20(18,19)13-4-2-12(14)3-5-13/h2-5,11H,6-9H2,1H3/p+1/t11-/m0/s1. The Balaban J connectivity index is 2.10. The van der Waals surface area contributed by atoms with Crippen LogP contribution in [0.25, 0.3) is 0 Å². The van der Waals surface area contributed by atoms with Crippen LogP contribution < -0.4 is 4.90 Å². The molecule has 1 aliphatic rings. The van der Waals surface area contributed by atoms with Gasteiger partial charge < -0.3 is 4.90 Å². The molecule has 1 aromatic carbocycles. The molecule has 0 spiro atoms. The summed E-state index contributed by atoms with van der Waals surface area (Å²) in [5.41, 5.74) is 0. The maximum atomic E-state index is 12.5. The summed E-state index contributed by atoms with van der Waals surface area (Å²) in [4.78, 5) is 1.40. The molecule has 0 bridgehead atoms. The van der Waals surface area contributed by atoms with Crippen molar-refractivity contribution < 1.29 is 13.3 Å². The molecule has 0 unspecified atom stereocenters. The summed E-state index contributed by atoms with van der Waals surface area (Å²) in [5, 5.41) is 9.42. The third-order valence-electron chi connectivity index (χ3n) is 3.62. The Bertz CT molecular complexity index is 601. The number of nitriles is 1. The van der Waals surface area contributed by atoms with E-state index >= 15 is 0 Å². The van der Waals surface area contributed by atoms with Gasteiger partial charge in [0.05, 0.1) is 31.1 Å². The van der Waals surface area contributed by atoms with E-state index in [9.17, 15) is 8.42 Å². The van der Waals surface area contributed by atoms with Crippen molar-refractivity contribution in [1.29, 1.82) is 5.26 Å². The van der Waals surface area contributed by atoms with Gasteiger partial charge in [0.1, 0.15) is 6.07 Å². The van der Waals surface area contributed by atoms with Gasteiger partial charge in [-0.05, 0) is 24.3 Å². The van der Waals surface area contributed by atoms with Crippen molar-refractivity contribution >= 4 is 21.6 Å². The molecule has 0 saturated carbocycles. The van der Waals surface area contributed by atoms with Gasteiger partial charge in [-0.2, -0.15) is 9.57 Å². The fourth-order valence-electron chi connectivity index (χ4n) is 2.29. The summed E-state index contributed by atoms with van der Waals surface area (Å²) in [7, 11) is -3.46. The molecule has 1 N–H and O–H groups in total. The summed E-state index contributed by atoms with van der Waals surface area (Å²) < 4.78 is 26.4. The van der Waals surface area contributed by atoms with E-state index in [0.717, 1.165) is 4.90 Å². The number of hydrogen-bond acceptors (Lipinski definition) is 3. The number of nitrogens with one attached hydrogen (secondary N) is 1. The number of piperazine rings is 1. The van der Waals surface area contributed by atoms with E-state index in [-0.39, 0.29) is 10.9 Å². The second-order valence-electron chi connectivity index (χ2n) is 4.87. The highest BCUT2D eigenvalue weighted by Gasteiger charge is 2.32. The number of sulfonamides is 1. The molecule has 2 rings (SSSR count). The topological polar surface area (TPSA) is 65.6 Å². The monoisotopic (exact) mass is 314 g/mol. The van der Waals surface area contributed by atoms with Crippen LogP contribution in [0.5, 0.6) is 0 Å². The van der Waals surface area contributed by atoms with Crippen molar-refractivity contribution in [2.24, 2.45) is 0 Å². The fraction of sp³-hybridized carbons (Fsp3) is 0.462. The van der Waals surface area contributed by atoms with Crippen LogP contribution in [0.4, 0.5) is 0 Å². The van der Waals surface area contributed by atoms with Crippen LogP contribution in [0.3, 0.4) is 0 Å². The zero-order chi connectivity index (χ0) is 14.8. The molecule has 108 valence electrons. The van der Waals surface area contributed by atoms with Gasteiger partial charge in [-0.15, -0.1) is 0 Å². The van der Waals surface area contributed by atoms with E-state index in [1.807, 2.05) is 6.92 Å². The number of quaternary nitrogens is 1. The molecular formula is C13H17ClN3O2S+. The quantitative estimate of drug-likeness (QED) is 0.863. The second kappa shape index (κ2) is 6.10. The minimum Gasteiger partial charge on any atom is -0.319 e. The first-order chi connectivity index (χ1) is 9.45. The van der Waals surface area contributed by atoms with Gasteiger partial charge in [-0.25, -0.2) is 8.42 Å². The lowest BCUT2D eigenvalue weighted by Gasteiger charge is -2.32. The van der Waals surface area contributed by atoms with E-state index in [4.69, 9.17) is 16.9 Å². The Morgan fingerprint density at radius 3 is 2.35 bits per heavy atom. The predicted octanol–water partition coefficient (Wildman–Crippen LogP) is 0.141. The Labute approximate surface area is 124 Å². The summed E-state index contributed by atoms with van der Waals surface area (Å²) in [6.45, 7) is 4.04. The molecule has 1 fully saturated rings. The van der Waals surface area contributed by atoms with E-state index < -0.39 is 10.0 Å². The van der Waals surface area contributed by atoms with Crippen LogP contribution >= 0.6 is 11.6 Å². The van der Waals surface area contributed by atoms with Crippen LogP contribution in [-0.4, -0.2) is 44.9 Å². The molecule has 5 nitrogen and oxygen atoms in total. The first-order valence-corrected chi connectivity index (χ1v) is 8.27. The summed E-state index contributed by atoms with van der Waals surface area (Å²) in [5.74, 6) is 0. The maximum absolute atomic E-state index is 12.5. The SMILES string of the molecule is C[C@@H](C#N)[NH+]1CCN(S(=O)(=O)c2ccc(Cl)cc2)CC1. The van der Waals surface area contributed by atoms with Crippen LogP contribution in [0.15, 0.2) is 29.2 Å². The van der Waals surface area contributed by atoms with Crippen LogP contribution in [0.1, 0.15) is 6.92 Å². The van der Waals surface area contributed by atoms with Crippen LogP contribution in [0, 0.1) is 11.3 Å². The molecule has 1 aromatic rings. The first-order valence-electron chi connectivity index (χ1n) is 6.45. The number of nitrogens with zero attached hydrogens (tertiary/aromatic N) is 2. The fourth-order valence-corrected chi connectivity index (χ4v) is 3.86. The first kappa shape index (κ1) is 15.3. The van der Waals surface area contributed by atoms with Crippen molar-refractivity contribution in [2.75, 3.05) is 26.2 Å². The third kappa shape index (κ3) is 3.13. The van der Waals surface area contributed by atoms with Crippen molar-refractivity contribution in [2.45, 2.75) is 17.9 Å². The van der Waals surface area contributed by atoms with E-state index in [2.05, 4.69) is 6.07 Å². The molecule has 7 heteroatoms. The average molecular weight is 315 g/mol. The van der Waals surface area contributed by atoms with Crippen molar-refractivity contribution in [3.05, 3.63) is 29.3 Å². The lowest BCUT2D eigenvalue weighted by molar-refractivity contribution is -0.918. The van der Waals surface area contributed by atoms with Gasteiger partial charge in [0.25, 0.3) is 0 Å². The van der Waals surface area contributed by atoms with Gasteiger partial charge in [-0.3, -0.25) is 0 Å². The molecular weight excluding hydrogens is 298 g/mol. The van der Waals surface area contributed by atoms with Gasteiger partial charge in [-0.1, -0.05) is 11.6 Å². The van der Waals surface area contributed by atoms with Crippen molar-refractivity contribution in [3.8, 4) is 6.07 Å². The molecule has 0 aliphatic carbocycles. The Kier molecular flexibility index (Phi) is 4.66. The minimum atomic E-state index is -3.46. The largest absolute Gasteiger partial charge is 0.319 e. The molecule has 20 heavy (non-hydrogen) atoms. The zero-order valence-electron chi connectivity index (χ0n) is 11.2. The highest BCUT2D eigenvalue weighted by molar-refractivity contribution is 7.89. The lowest BCUT2D eigenvalue weighted by Crippen LogP contribution is -3.17. The van der Waals surface area contributed by atoms with Crippen LogP contribution in [0.2, 0.25) is 5.02 Å². The van der Waals surface area contributed by atoms with Gasteiger partial charge in [0.2, 0.25) is 10.0 Å². The number of hydrogen-bond donors (Lipinski definition) is 1. The predicted molar refractivity (Wildman–Crippen MR) is 76.0 cm³/mol. The minimum absolute atomic E-state index is 0.101.